The normalized spacial score (nSPS) is 15.0. The Balaban J connectivity index is 2.14. The number of hydrogen-bond donors (Lipinski definition) is 2. The highest BCUT2D eigenvalue weighted by molar-refractivity contribution is 5.75. The fourth-order valence-corrected chi connectivity index (χ4v) is 2.89. The minimum absolute atomic E-state index is 0.0403. The molecule has 1 aromatic carbocycles. The third-order valence-electron chi connectivity index (χ3n) is 4.23. The number of phenols is 1. The van der Waals surface area contributed by atoms with Gasteiger partial charge in [0.25, 0.3) is 5.56 Å². The molecule has 2 heterocycles. The molecule has 1 aliphatic rings. The van der Waals surface area contributed by atoms with Crippen molar-refractivity contribution in [3.8, 4) is 16.9 Å². The Morgan fingerprint density at radius 1 is 1.22 bits per heavy atom. The molecule has 1 fully saturated rings. The highest BCUT2D eigenvalue weighted by atomic mass is 16.5. The molecule has 0 atom stereocenters. The molecule has 1 aromatic heterocycles. The van der Waals surface area contributed by atoms with Crippen molar-refractivity contribution < 1.29 is 9.84 Å². The molecule has 0 saturated carbocycles. The molecule has 1 aliphatic heterocycles. The summed E-state index contributed by atoms with van der Waals surface area (Å²) in [6, 6.07) is 5.22. The molecule has 0 spiro atoms. The highest BCUT2D eigenvalue weighted by Crippen LogP contribution is 2.32. The van der Waals surface area contributed by atoms with E-state index < -0.39 is 0 Å². The summed E-state index contributed by atoms with van der Waals surface area (Å²) < 4.78 is 6.93. The molecule has 0 amide bonds. The monoisotopic (exact) mass is 315 g/mol. The first-order valence-electron chi connectivity index (χ1n) is 7.60. The summed E-state index contributed by atoms with van der Waals surface area (Å²) in [6.07, 6.45) is 1.77. The number of morpholine rings is 1. The van der Waals surface area contributed by atoms with Gasteiger partial charge in [-0.3, -0.25) is 4.79 Å². The number of benzene rings is 1. The molecule has 0 radical (unpaired) electrons. The number of rotatable bonds is 2. The van der Waals surface area contributed by atoms with E-state index in [4.69, 9.17) is 10.5 Å². The summed E-state index contributed by atoms with van der Waals surface area (Å²) in [5.74, 6) is 0.154. The van der Waals surface area contributed by atoms with Crippen LogP contribution >= 0.6 is 0 Å². The van der Waals surface area contributed by atoms with Crippen molar-refractivity contribution in [2.75, 3.05) is 36.9 Å². The molecule has 3 N–H and O–H groups in total. The molecule has 2 aromatic rings. The fourth-order valence-electron chi connectivity index (χ4n) is 2.89. The molecule has 0 aliphatic carbocycles. The van der Waals surface area contributed by atoms with Gasteiger partial charge in [0, 0.05) is 43.7 Å². The van der Waals surface area contributed by atoms with Gasteiger partial charge in [0.15, 0.2) is 0 Å². The maximum absolute atomic E-state index is 12.5. The van der Waals surface area contributed by atoms with Gasteiger partial charge in [-0.25, -0.2) is 0 Å². The number of anilines is 2. The molecule has 6 nitrogen and oxygen atoms in total. The molecule has 6 heteroatoms. The number of nitrogens with two attached hydrogens (primary N) is 1. The maximum atomic E-state index is 12.5. The van der Waals surface area contributed by atoms with Crippen LogP contribution in [0.25, 0.3) is 11.1 Å². The number of aryl methyl sites for hydroxylation is 1. The van der Waals surface area contributed by atoms with Crippen LogP contribution in [0.2, 0.25) is 0 Å². The lowest BCUT2D eigenvalue weighted by atomic mass is 10.00. The third-order valence-corrected chi connectivity index (χ3v) is 4.23. The van der Waals surface area contributed by atoms with Crippen LogP contribution in [-0.4, -0.2) is 36.0 Å². The van der Waals surface area contributed by atoms with Crippen LogP contribution in [-0.2, 0) is 11.8 Å². The zero-order chi connectivity index (χ0) is 16.6. The van der Waals surface area contributed by atoms with Crippen LogP contribution in [0.3, 0.4) is 0 Å². The zero-order valence-electron chi connectivity index (χ0n) is 13.4. The van der Waals surface area contributed by atoms with E-state index in [1.807, 2.05) is 24.0 Å². The van der Waals surface area contributed by atoms with Gasteiger partial charge in [-0.1, -0.05) is 0 Å². The predicted molar refractivity (Wildman–Crippen MR) is 91.0 cm³/mol. The molecule has 23 heavy (non-hydrogen) atoms. The number of nitrogens with zero attached hydrogens (tertiary/aromatic N) is 2. The quantitative estimate of drug-likeness (QED) is 0.821. The van der Waals surface area contributed by atoms with Gasteiger partial charge in [-0.05, 0) is 30.2 Å². The van der Waals surface area contributed by atoms with Gasteiger partial charge in [0.2, 0.25) is 0 Å². The summed E-state index contributed by atoms with van der Waals surface area (Å²) >= 11 is 0. The lowest BCUT2D eigenvalue weighted by molar-refractivity contribution is 0.122. The smallest absolute Gasteiger partial charge is 0.273 e. The largest absolute Gasteiger partial charge is 0.508 e. The van der Waals surface area contributed by atoms with E-state index in [9.17, 15) is 9.90 Å². The predicted octanol–water partition coefficient (Wildman–Crippen LogP) is 1.49. The number of nitrogen functional groups attached to an aromatic ring is 1. The van der Waals surface area contributed by atoms with E-state index in [0.29, 0.717) is 37.7 Å². The summed E-state index contributed by atoms with van der Waals surface area (Å²) in [5.41, 5.74) is 9.38. The standard InChI is InChI=1S/C17H21N3O3/c1-11-14(8-13(18)9-16(11)21)12-7-15(17(22)19(2)10-12)20-3-5-23-6-4-20/h7-10,21H,3-6,18H2,1-2H3. The molecule has 3 rings (SSSR count). The van der Waals surface area contributed by atoms with Gasteiger partial charge in [0.05, 0.1) is 13.2 Å². The second-order valence-electron chi connectivity index (χ2n) is 5.84. The molecule has 0 unspecified atom stereocenters. The summed E-state index contributed by atoms with van der Waals surface area (Å²) in [7, 11) is 1.73. The molecule has 122 valence electrons. The minimum Gasteiger partial charge on any atom is -0.508 e. The van der Waals surface area contributed by atoms with Crippen molar-refractivity contribution in [2.45, 2.75) is 6.92 Å². The topological polar surface area (TPSA) is 80.7 Å². The van der Waals surface area contributed by atoms with Crippen molar-refractivity contribution in [3.05, 3.63) is 40.3 Å². The maximum Gasteiger partial charge on any atom is 0.273 e. The SMILES string of the molecule is Cc1c(O)cc(N)cc1-c1cc(N2CCOCC2)c(=O)n(C)c1. The van der Waals surface area contributed by atoms with Gasteiger partial charge < -0.3 is 25.0 Å². The Morgan fingerprint density at radius 2 is 1.91 bits per heavy atom. The van der Waals surface area contributed by atoms with Crippen molar-refractivity contribution >= 4 is 11.4 Å². The average molecular weight is 315 g/mol. The summed E-state index contributed by atoms with van der Waals surface area (Å²) in [4.78, 5) is 14.5. The van der Waals surface area contributed by atoms with E-state index >= 15 is 0 Å². The zero-order valence-corrected chi connectivity index (χ0v) is 13.4. The first-order chi connectivity index (χ1) is 11.0. The van der Waals surface area contributed by atoms with E-state index in [1.165, 1.54) is 6.07 Å². The first-order valence-corrected chi connectivity index (χ1v) is 7.60. The number of pyridine rings is 1. The Morgan fingerprint density at radius 3 is 2.61 bits per heavy atom. The average Bonchev–Trinajstić information content (AvgIpc) is 2.54. The third kappa shape index (κ3) is 2.90. The number of aromatic nitrogens is 1. The number of aromatic hydroxyl groups is 1. The Bertz CT molecular complexity index is 792. The van der Waals surface area contributed by atoms with Crippen molar-refractivity contribution in [2.24, 2.45) is 7.05 Å². The van der Waals surface area contributed by atoms with Crippen LogP contribution in [0, 0.1) is 6.92 Å². The second-order valence-corrected chi connectivity index (χ2v) is 5.84. The molecular weight excluding hydrogens is 294 g/mol. The fraction of sp³-hybridized carbons (Fsp3) is 0.353. The van der Waals surface area contributed by atoms with Crippen LogP contribution < -0.4 is 16.2 Å². The van der Waals surface area contributed by atoms with Gasteiger partial charge in [0.1, 0.15) is 11.4 Å². The van der Waals surface area contributed by atoms with Crippen molar-refractivity contribution in [3.63, 3.8) is 0 Å². The van der Waals surface area contributed by atoms with Crippen LogP contribution in [0.5, 0.6) is 5.75 Å². The van der Waals surface area contributed by atoms with Crippen LogP contribution in [0.1, 0.15) is 5.56 Å². The summed E-state index contributed by atoms with van der Waals surface area (Å²) in [5, 5.41) is 10.0. The van der Waals surface area contributed by atoms with Crippen molar-refractivity contribution in [1.82, 2.24) is 4.57 Å². The molecular formula is C17H21N3O3. The van der Waals surface area contributed by atoms with E-state index in [0.717, 1.165) is 16.7 Å². The lowest BCUT2D eigenvalue weighted by Gasteiger charge is -2.29. The van der Waals surface area contributed by atoms with Gasteiger partial charge in [-0.2, -0.15) is 0 Å². The molecule has 0 bridgehead atoms. The Kier molecular flexibility index (Phi) is 4.00. The van der Waals surface area contributed by atoms with Crippen molar-refractivity contribution in [1.29, 1.82) is 0 Å². The van der Waals surface area contributed by atoms with E-state index in [-0.39, 0.29) is 11.3 Å². The van der Waals surface area contributed by atoms with E-state index in [1.54, 1.807) is 17.8 Å². The number of phenolic OH excluding ortho intramolecular Hbond substituents is 1. The van der Waals surface area contributed by atoms with Gasteiger partial charge >= 0.3 is 0 Å². The first kappa shape index (κ1) is 15.4. The minimum atomic E-state index is -0.0403. The summed E-state index contributed by atoms with van der Waals surface area (Å²) in [6.45, 7) is 4.46. The van der Waals surface area contributed by atoms with Gasteiger partial charge in [-0.15, -0.1) is 0 Å². The Labute approximate surface area is 134 Å². The van der Waals surface area contributed by atoms with Crippen LogP contribution in [0.15, 0.2) is 29.2 Å². The lowest BCUT2D eigenvalue weighted by Crippen LogP contribution is -2.40. The van der Waals surface area contributed by atoms with Crippen LogP contribution in [0.4, 0.5) is 11.4 Å². The second kappa shape index (κ2) is 5.96. The highest BCUT2D eigenvalue weighted by Gasteiger charge is 2.17. The number of ether oxygens (including phenoxy) is 1. The Hall–Kier alpha value is -2.47. The number of hydrogen-bond acceptors (Lipinski definition) is 5. The van der Waals surface area contributed by atoms with E-state index in [2.05, 4.69) is 0 Å². The molecule has 1 saturated heterocycles.